The summed E-state index contributed by atoms with van der Waals surface area (Å²) in [5.41, 5.74) is 1.88. The van der Waals surface area contributed by atoms with E-state index in [0.29, 0.717) is 57.2 Å². The monoisotopic (exact) mass is 540 g/mol. The number of rotatable bonds is 9. The third kappa shape index (κ3) is 5.08. The lowest BCUT2D eigenvalue weighted by atomic mass is 10.1. The number of H-pyrrole nitrogens is 1. The zero-order chi connectivity index (χ0) is 26.8. The van der Waals surface area contributed by atoms with E-state index in [1.54, 1.807) is 34.9 Å². The molecule has 196 valence electrons. The van der Waals surface area contributed by atoms with E-state index in [0.717, 1.165) is 25.0 Å². The van der Waals surface area contributed by atoms with E-state index in [1.165, 1.54) is 6.07 Å². The summed E-state index contributed by atoms with van der Waals surface area (Å²) < 4.78 is 51.5. The largest absolute Gasteiger partial charge is 0.492 e. The first kappa shape index (κ1) is 25.7. The third-order valence-corrected chi connectivity index (χ3v) is 6.84. The molecule has 0 saturated carbocycles. The Bertz CT molecular complexity index is 1580. The summed E-state index contributed by atoms with van der Waals surface area (Å²) in [6, 6.07) is 11.8. The molecule has 2 heterocycles. The summed E-state index contributed by atoms with van der Waals surface area (Å²) in [7, 11) is 0. The number of halogens is 4. The number of aromatic amines is 1. The highest BCUT2D eigenvalue weighted by molar-refractivity contribution is 6.30. The minimum Gasteiger partial charge on any atom is -0.492 e. The second kappa shape index (κ2) is 10.8. The van der Waals surface area contributed by atoms with Crippen LogP contribution in [0, 0.1) is 23.4 Å². The van der Waals surface area contributed by atoms with Crippen molar-refractivity contribution in [3.63, 3.8) is 0 Å². The molecule has 5 rings (SSSR count). The van der Waals surface area contributed by atoms with Crippen molar-refractivity contribution in [3.8, 4) is 28.5 Å². The van der Waals surface area contributed by atoms with Gasteiger partial charge in [-0.2, -0.15) is 0 Å². The summed E-state index contributed by atoms with van der Waals surface area (Å²) in [5, 5.41) is 13.9. The molecule has 0 atom stereocenters. The summed E-state index contributed by atoms with van der Waals surface area (Å²) in [4.78, 5) is 4.61. The normalized spacial score (nSPS) is 11.6. The maximum atomic E-state index is 15.2. The SMILES string of the molecule is CCC(CC)COc1cc(Cl)ccc1-c1nc2cc(F)c(F)cc2n1Cc1ccc(-c2nnn[nH]2)cc1F. The van der Waals surface area contributed by atoms with Crippen LogP contribution in [0.5, 0.6) is 5.75 Å². The van der Waals surface area contributed by atoms with Gasteiger partial charge in [0.15, 0.2) is 17.5 Å². The van der Waals surface area contributed by atoms with E-state index < -0.39 is 17.5 Å². The minimum atomic E-state index is -1.03. The van der Waals surface area contributed by atoms with Crippen molar-refractivity contribution in [1.29, 1.82) is 0 Å². The third-order valence-electron chi connectivity index (χ3n) is 6.60. The van der Waals surface area contributed by atoms with Gasteiger partial charge in [-0.15, -0.1) is 5.10 Å². The summed E-state index contributed by atoms with van der Waals surface area (Å²) in [6.07, 6.45) is 1.89. The van der Waals surface area contributed by atoms with Gasteiger partial charge in [0.05, 0.1) is 29.7 Å². The molecule has 7 nitrogen and oxygen atoms in total. The Kier molecular flexibility index (Phi) is 7.33. The molecule has 2 aromatic heterocycles. The zero-order valence-corrected chi connectivity index (χ0v) is 21.4. The van der Waals surface area contributed by atoms with Gasteiger partial charge in [-0.25, -0.2) is 23.3 Å². The highest BCUT2D eigenvalue weighted by Gasteiger charge is 2.21. The first-order valence-corrected chi connectivity index (χ1v) is 12.6. The molecule has 0 saturated heterocycles. The average molecular weight is 541 g/mol. The number of hydrogen-bond donors (Lipinski definition) is 1. The summed E-state index contributed by atoms with van der Waals surface area (Å²) in [6.45, 7) is 4.65. The van der Waals surface area contributed by atoms with Crippen molar-refractivity contribution in [1.82, 2.24) is 30.2 Å². The highest BCUT2D eigenvalue weighted by Crippen LogP contribution is 2.36. The zero-order valence-electron chi connectivity index (χ0n) is 20.7. The predicted octanol–water partition coefficient (Wildman–Crippen LogP) is 6.82. The van der Waals surface area contributed by atoms with Crippen LogP contribution in [-0.2, 0) is 6.54 Å². The number of ether oxygens (including phenoxy) is 1. The Hall–Kier alpha value is -3.92. The molecule has 38 heavy (non-hydrogen) atoms. The maximum absolute atomic E-state index is 15.2. The number of imidazole rings is 1. The van der Waals surface area contributed by atoms with Crippen molar-refractivity contribution in [3.05, 3.63) is 76.6 Å². The number of benzene rings is 3. The number of hydrogen-bond acceptors (Lipinski definition) is 5. The van der Waals surface area contributed by atoms with Crippen LogP contribution >= 0.6 is 11.6 Å². The maximum Gasteiger partial charge on any atom is 0.179 e. The molecule has 0 unspecified atom stereocenters. The van der Waals surface area contributed by atoms with Crippen LogP contribution in [0.15, 0.2) is 48.5 Å². The lowest BCUT2D eigenvalue weighted by Crippen LogP contribution is -2.11. The molecular weight excluding hydrogens is 517 g/mol. The lowest BCUT2D eigenvalue weighted by Gasteiger charge is -2.17. The molecule has 1 N–H and O–H groups in total. The molecule has 0 aliphatic carbocycles. The van der Waals surface area contributed by atoms with Gasteiger partial charge in [0.1, 0.15) is 17.4 Å². The molecule has 0 amide bonds. The Morgan fingerprint density at radius 2 is 1.76 bits per heavy atom. The molecular formula is C27H24ClF3N6O. The second-order valence-corrected chi connectivity index (χ2v) is 9.40. The van der Waals surface area contributed by atoms with Gasteiger partial charge in [0.2, 0.25) is 0 Å². The number of fused-ring (bicyclic) bond motifs is 1. The number of nitrogens with zero attached hydrogens (tertiary/aromatic N) is 5. The van der Waals surface area contributed by atoms with Crippen LogP contribution in [0.2, 0.25) is 5.02 Å². The van der Waals surface area contributed by atoms with Gasteiger partial charge in [0.25, 0.3) is 0 Å². The van der Waals surface area contributed by atoms with Gasteiger partial charge in [0, 0.05) is 28.3 Å². The van der Waals surface area contributed by atoms with Crippen LogP contribution in [0.25, 0.3) is 33.8 Å². The highest BCUT2D eigenvalue weighted by atomic mass is 35.5. The van der Waals surface area contributed by atoms with Crippen LogP contribution in [0.3, 0.4) is 0 Å². The molecule has 0 fully saturated rings. The minimum absolute atomic E-state index is 0.00765. The molecule has 0 aliphatic rings. The Labute approximate surface area is 221 Å². The van der Waals surface area contributed by atoms with Gasteiger partial charge in [-0.3, -0.25) is 0 Å². The molecule has 0 bridgehead atoms. The number of tetrazole rings is 1. The van der Waals surface area contributed by atoms with Crippen molar-refractivity contribution < 1.29 is 17.9 Å². The van der Waals surface area contributed by atoms with Gasteiger partial charge in [-0.1, -0.05) is 50.4 Å². The fourth-order valence-electron chi connectivity index (χ4n) is 4.29. The van der Waals surface area contributed by atoms with E-state index in [-0.39, 0.29) is 12.1 Å². The van der Waals surface area contributed by atoms with E-state index in [1.807, 2.05) is 0 Å². The summed E-state index contributed by atoms with van der Waals surface area (Å²) in [5.74, 6) is -1.06. The quantitative estimate of drug-likeness (QED) is 0.222. The van der Waals surface area contributed by atoms with E-state index in [9.17, 15) is 8.78 Å². The van der Waals surface area contributed by atoms with Gasteiger partial charge in [-0.05, 0) is 40.6 Å². The van der Waals surface area contributed by atoms with Crippen LogP contribution in [-0.4, -0.2) is 36.8 Å². The fraction of sp³-hybridized carbons (Fsp3) is 0.259. The Morgan fingerprint density at radius 1 is 0.974 bits per heavy atom. The fourth-order valence-corrected chi connectivity index (χ4v) is 4.45. The predicted molar refractivity (Wildman–Crippen MR) is 138 cm³/mol. The van der Waals surface area contributed by atoms with E-state index >= 15 is 4.39 Å². The topological polar surface area (TPSA) is 81.5 Å². The van der Waals surface area contributed by atoms with Crippen LogP contribution in [0.1, 0.15) is 32.3 Å². The Balaban J connectivity index is 1.62. The first-order chi connectivity index (χ1) is 18.4. The van der Waals surface area contributed by atoms with Crippen molar-refractivity contribution in [2.45, 2.75) is 33.2 Å². The number of aromatic nitrogens is 6. The molecule has 0 radical (unpaired) electrons. The molecule has 0 spiro atoms. The first-order valence-electron chi connectivity index (χ1n) is 12.2. The molecule has 0 aliphatic heterocycles. The van der Waals surface area contributed by atoms with Crippen LogP contribution in [0.4, 0.5) is 13.2 Å². The van der Waals surface area contributed by atoms with E-state index in [4.69, 9.17) is 16.3 Å². The Morgan fingerprint density at radius 3 is 2.47 bits per heavy atom. The van der Waals surface area contributed by atoms with Crippen molar-refractivity contribution >= 4 is 22.6 Å². The molecule has 11 heteroatoms. The van der Waals surface area contributed by atoms with Crippen molar-refractivity contribution in [2.75, 3.05) is 6.61 Å². The van der Waals surface area contributed by atoms with Gasteiger partial charge < -0.3 is 9.30 Å². The van der Waals surface area contributed by atoms with E-state index in [2.05, 4.69) is 39.5 Å². The van der Waals surface area contributed by atoms with Crippen LogP contribution < -0.4 is 4.74 Å². The number of nitrogens with one attached hydrogen (secondary N) is 1. The average Bonchev–Trinajstić information content (AvgIpc) is 3.55. The smallest absolute Gasteiger partial charge is 0.179 e. The van der Waals surface area contributed by atoms with Crippen molar-refractivity contribution in [2.24, 2.45) is 5.92 Å². The standard InChI is InChI=1S/C27H24ClF3N6O/c1-3-15(4-2)14-38-25-10-18(28)7-8-19(25)27-32-23-11-21(30)22(31)12-24(23)37(27)13-17-6-5-16(9-20(17)29)26-33-35-36-34-26/h5-12,15H,3-4,13-14H2,1-2H3,(H,33,34,35,36). The second-order valence-electron chi connectivity index (χ2n) is 8.97. The summed E-state index contributed by atoms with van der Waals surface area (Å²) >= 11 is 6.28. The molecule has 5 aromatic rings. The lowest BCUT2D eigenvalue weighted by molar-refractivity contribution is 0.241. The molecule has 3 aromatic carbocycles. The van der Waals surface area contributed by atoms with Gasteiger partial charge >= 0.3 is 0 Å².